The van der Waals surface area contributed by atoms with Crippen LogP contribution < -0.4 is 10.6 Å². The van der Waals surface area contributed by atoms with Crippen LogP contribution in [0.5, 0.6) is 0 Å². The van der Waals surface area contributed by atoms with Gasteiger partial charge in [0.1, 0.15) is 5.84 Å². The van der Waals surface area contributed by atoms with Crippen molar-refractivity contribution < 1.29 is 8.42 Å². The van der Waals surface area contributed by atoms with Gasteiger partial charge in [-0.25, -0.2) is 8.42 Å². The summed E-state index contributed by atoms with van der Waals surface area (Å²) >= 11 is 0. The lowest BCUT2D eigenvalue weighted by atomic mass is 10.2. The molecule has 0 bridgehead atoms. The van der Waals surface area contributed by atoms with Crippen LogP contribution in [0, 0.1) is 5.41 Å². The van der Waals surface area contributed by atoms with Crippen molar-refractivity contribution >= 4 is 21.5 Å². The summed E-state index contributed by atoms with van der Waals surface area (Å²) in [4.78, 5) is 1.84. The monoisotopic (exact) mass is 269 g/mol. The molecule has 1 aromatic heterocycles. The van der Waals surface area contributed by atoms with E-state index in [9.17, 15) is 8.42 Å². The van der Waals surface area contributed by atoms with Crippen LogP contribution in [0.1, 0.15) is 12.5 Å². The van der Waals surface area contributed by atoms with E-state index < -0.39 is 9.84 Å². The van der Waals surface area contributed by atoms with E-state index in [-0.39, 0.29) is 23.4 Å². The van der Waals surface area contributed by atoms with Crippen LogP contribution in [0.3, 0.4) is 0 Å². The molecule has 1 aliphatic heterocycles. The molecule has 1 atom stereocenters. The van der Waals surface area contributed by atoms with E-state index in [2.05, 4.69) is 10.2 Å². The van der Waals surface area contributed by atoms with Gasteiger partial charge in [-0.2, -0.15) is 5.10 Å². The van der Waals surface area contributed by atoms with Crippen LogP contribution >= 0.6 is 0 Å². The van der Waals surface area contributed by atoms with E-state index in [0.29, 0.717) is 17.9 Å². The van der Waals surface area contributed by atoms with Gasteiger partial charge in [-0.1, -0.05) is 0 Å². The van der Waals surface area contributed by atoms with Crippen molar-refractivity contribution in [3.63, 3.8) is 0 Å². The van der Waals surface area contributed by atoms with Gasteiger partial charge in [0, 0.05) is 12.6 Å². The third-order valence-electron chi connectivity index (χ3n) is 2.93. The summed E-state index contributed by atoms with van der Waals surface area (Å²) in [5.74, 6) is 0.555. The van der Waals surface area contributed by atoms with E-state index in [1.165, 1.54) is 6.20 Å². The molecule has 98 valence electrons. The van der Waals surface area contributed by atoms with Crippen LogP contribution in [-0.2, 0) is 9.84 Å². The second-order valence-corrected chi connectivity index (χ2v) is 6.57. The van der Waals surface area contributed by atoms with Crippen LogP contribution in [0.4, 0.5) is 5.82 Å². The molecule has 2 rings (SSSR count). The molecule has 0 radical (unpaired) electrons. The topological polar surface area (TPSA) is 113 Å². The Labute approximate surface area is 105 Å². The zero-order valence-corrected chi connectivity index (χ0v) is 10.8. The number of nitrogens with two attached hydrogens (primary N) is 1. The second-order valence-electron chi connectivity index (χ2n) is 4.34. The minimum Gasteiger partial charge on any atom is -0.384 e. The summed E-state index contributed by atoms with van der Waals surface area (Å²) < 4.78 is 23.1. The van der Waals surface area contributed by atoms with Crippen molar-refractivity contribution in [2.24, 2.45) is 5.73 Å². The molecule has 0 saturated carbocycles. The number of aromatic nitrogens is 2. The number of amidine groups is 1. The van der Waals surface area contributed by atoms with Gasteiger partial charge >= 0.3 is 0 Å². The first-order valence-electron chi connectivity index (χ1n) is 5.54. The lowest BCUT2D eigenvalue weighted by molar-refractivity contribution is 0.566. The maximum atomic E-state index is 11.5. The van der Waals surface area contributed by atoms with Gasteiger partial charge in [-0.15, -0.1) is 5.10 Å². The maximum absolute atomic E-state index is 11.5. The number of hydrogen-bond donors (Lipinski definition) is 2. The molecular weight excluding hydrogens is 254 g/mol. The molecule has 2 heterocycles. The number of sulfone groups is 1. The normalized spacial score (nSPS) is 22.7. The van der Waals surface area contributed by atoms with Gasteiger partial charge < -0.3 is 10.6 Å². The van der Waals surface area contributed by atoms with Gasteiger partial charge in [0.2, 0.25) is 0 Å². The molecule has 7 nitrogen and oxygen atoms in total. The van der Waals surface area contributed by atoms with Gasteiger partial charge in [-0.05, 0) is 13.0 Å². The minimum absolute atomic E-state index is 0.0842. The Hall–Kier alpha value is -1.70. The smallest absolute Gasteiger partial charge is 0.162 e. The Morgan fingerprint density at radius 1 is 1.61 bits per heavy atom. The van der Waals surface area contributed by atoms with Gasteiger partial charge in [0.15, 0.2) is 15.7 Å². The molecule has 0 aromatic carbocycles. The third-order valence-corrected chi connectivity index (χ3v) is 4.73. The van der Waals surface area contributed by atoms with Crippen molar-refractivity contribution in [2.45, 2.75) is 13.0 Å². The number of nitrogen functional groups attached to an aromatic ring is 1. The molecule has 0 aliphatic carbocycles. The van der Waals surface area contributed by atoms with E-state index in [1.807, 2.05) is 11.8 Å². The van der Waals surface area contributed by atoms with E-state index in [0.717, 1.165) is 0 Å². The number of anilines is 1. The molecule has 3 N–H and O–H groups in total. The summed E-state index contributed by atoms with van der Waals surface area (Å²) in [5, 5.41) is 15.3. The second kappa shape index (κ2) is 4.52. The number of nitrogens with zero attached hydrogens (tertiary/aromatic N) is 3. The number of rotatable bonds is 2. The molecule has 8 heteroatoms. The summed E-state index contributed by atoms with van der Waals surface area (Å²) in [7, 11) is -2.98. The average Bonchev–Trinajstić information content (AvgIpc) is 2.28. The molecule has 0 spiro atoms. The van der Waals surface area contributed by atoms with E-state index >= 15 is 0 Å². The fourth-order valence-corrected chi connectivity index (χ4v) is 3.62. The highest BCUT2D eigenvalue weighted by molar-refractivity contribution is 7.91. The van der Waals surface area contributed by atoms with Gasteiger partial charge in [-0.3, -0.25) is 5.41 Å². The largest absolute Gasteiger partial charge is 0.384 e. The van der Waals surface area contributed by atoms with Crippen molar-refractivity contribution in [2.75, 3.05) is 23.0 Å². The fourth-order valence-electron chi connectivity index (χ4n) is 2.06. The highest BCUT2D eigenvalue weighted by Gasteiger charge is 2.30. The third kappa shape index (κ3) is 2.42. The van der Waals surface area contributed by atoms with Crippen molar-refractivity contribution in [1.29, 1.82) is 5.41 Å². The van der Waals surface area contributed by atoms with Crippen molar-refractivity contribution in [3.8, 4) is 0 Å². The predicted molar refractivity (Wildman–Crippen MR) is 68.5 cm³/mol. The average molecular weight is 269 g/mol. The summed E-state index contributed by atoms with van der Waals surface area (Å²) in [6, 6.07) is 1.42. The summed E-state index contributed by atoms with van der Waals surface area (Å²) in [6.07, 6.45) is 1.46. The summed E-state index contributed by atoms with van der Waals surface area (Å²) in [6.45, 7) is 2.16. The molecule has 0 amide bonds. The molecule has 1 saturated heterocycles. The predicted octanol–water partition coefficient (Wildman–Crippen LogP) is -0.616. The number of nitrogens with one attached hydrogen (secondary N) is 1. The Bertz CT molecular complexity index is 571. The Kier molecular flexibility index (Phi) is 3.20. The zero-order valence-electron chi connectivity index (χ0n) is 10.00. The fraction of sp³-hybridized carbons (Fsp3) is 0.500. The first kappa shape index (κ1) is 12.7. The zero-order chi connectivity index (χ0) is 13.3. The first-order chi connectivity index (χ1) is 8.41. The molecular formula is C10H15N5O2S. The lowest BCUT2D eigenvalue weighted by Crippen LogP contribution is -2.48. The van der Waals surface area contributed by atoms with Crippen molar-refractivity contribution in [1.82, 2.24) is 10.2 Å². The maximum Gasteiger partial charge on any atom is 0.162 e. The SMILES string of the molecule is CC1CS(=O)(=O)CCN1c1nnccc1C(=N)N. The molecule has 1 unspecified atom stereocenters. The van der Waals surface area contributed by atoms with E-state index in [4.69, 9.17) is 11.1 Å². The van der Waals surface area contributed by atoms with Crippen LogP contribution in [0.2, 0.25) is 0 Å². The Morgan fingerprint density at radius 2 is 2.33 bits per heavy atom. The first-order valence-corrected chi connectivity index (χ1v) is 7.36. The molecule has 18 heavy (non-hydrogen) atoms. The molecule has 1 aliphatic rings. The Morgan fingerprint density at radius 3 is 2.94 bits per heavy atom. The van der Waals surface area contributed by atoms with E-state index in [1.54, 1.807) is 6.07 Å². The van der Waals surface area contributed by atoms with Crippen LogP contribution in [0.25, 0.3) is 0 Å². The highest BCUT2D eigenvalue weighted by Crippen LogP contribution is 2.22. The van der Waals surface area contributed by atoms with Crippen LogP contribution in [0.15, 0.2) is 12.3 Å². The quantitative estimate of drug-likeness (QED) is 0.546. The minimum atomic E-state index is -2.98. The highest BCUT2D eigenvalue weighted by atomic mass is 32.2. The van der Waals surface area contributed by atoms with Crippen LogP contribution in [-0.4, -0.2) is 48.5 Å². The molecule has 1 aromatic rings. The molecule has 1 fully saturated rings. The number of hydrogen-bond acceptors (Lipinski definition) is 6. The van der Waals surface area contributed by atoms with Gasteiger partial charge in [0.25, 0.3) is 0 Å². The Balaban J connectivity index is 2.36. The summed E-state index contributed by atoms with van der Waals surface area (Å²) in [5.41, 5.74) is 5.97. The van der Waals surface area contributed by atoms with Crippen molar-refractivity contribution in [3.05, 3.63) is 17.8 Å². The standard InChI is InChI=1S/C10H15N5O2S/c1-7-6-18(16,17)5-4-15(7)10-8(9(11)12)2-3-13-14-10/h2-3,7H,4-6H2,1H3,(H3,11,12). The lowest BCUT2D eigenvalue weighted by Gasteiger charge is -2.34. The van der Waals surface area contributed by atoms with Gasteiger partial charge in [0.05, 0.1) is 23.3 Å².